The molecule has 2 aromatic carbocycles. The highest BCUT2D eigenvalue weighted by atomic mass is 16.2. The Bertz CT molecular complexity index is 1060. The number of para-hydroxylation sites is 1. The van der Waals surface area contributed by atoms with Gasteiger partial charge in [-0.05, 0) is 42.7 Å². The molecule has 3 aromatic rings. The molecule has 0 unspecified atom stereocenters. The molecule has 6 nitrogen and oxygen atoms in total. The van der Waals surface area contributed by atoms with Crippen LogP contribution in [-0.2, 0) is 6.42 Å². The standard InChI is InChI=1S/C18H15N3O3/c22-16-17(23)20-14-10-12(7-8-13(14)19-16)18(24)21-9-3-5-11-4-1-2-6-15(11)21/h1-2,4,6-8,10H,3,5,9H2,(H,19,22)(H,20,23). The summed E-state index contributed by atoms with van der Waals surface area (Å²) >= 11 is 0. The van der Waals surface area contributed by atoms with Crippen molar-refractivity contribution >= 4 is 22.6 Å². The first-order chi connectivity index (χ1) is 11.6. The molecule has 24 heavy (non-hydrogen) atoms. The van der Waals surface area contributed by atoms with E-state index in [1.54, 1.807) is 23.1 Å². The van der Waals surface area contributed by atoms with E-state index in [0.29, 0.717) is 23.1 Å². The third kappa shape index (κ3) is 2.32. The molecule has 0 radical (unpaired) electrons. The number of fused-ring (bicyclic) bond motifs is 2. The molecule has 0 spiro atoms. The van der Waals surface area contributed by atoms with Crippen molar-refractivity contribution in [1.82, 2.24) is 9.97 Å². The Balaban J connectivity index is 1.78. The van der Waals surface area contributed by atoms with Gasteiger partial charge in [0.15, 0.2) is 0 Å². The first-order valence-electron chi connectivity index (χ1n) is 7.79. The summed E-state index contributed by atoms with van der Waals surface area (Å²) in [5.74, 6) is -0.115. The summed E-state index contributed by atoms with van der Waals surface area (Å²) in [6, 6.07) is 12.8. The molecule has 1 aliphatic rings. The Kier molecular flexibility index (Phi) is 3.30. The summed E-state index contributed by atoms with van der Waals surface area (Å²) in [6.07, 6.45) is 1.88. The van der Waals surface area contributed by atoms with Crippen molar-refractivity contribution in [3.63, 3.8) is 0 Å². The highest BCUT2D eigenvalue weighted by molar-refractivity contribution is 6.08. The molecule has 1 aromatic heterocycles. The molecule has 0 bridgehead atoms. The van der Waals surface area contributed by atoms with Gasteiger partial charge in [0.1, 0.15) is 0 Å². The van der Waals surface area contributed by atoms with E-state index in [1.165, 1.54) is 0 Å². The van der Waals surface area contributed by atoms with Crippen LogP contribution in [0.1, 0.15) is 22.3 Å². The van der Waals surface area contributed by atoms with Gasteiger partial charge in [-0.2, -0.15) is 0 Å². The number of aromatic amines is 2. The van der Waals surface area contributed by atoms with Gasteiger partial charge >= 0.3 is 11.1 Å². The van der Waals surface area contributed by atoms with Gasteiger partial charge < -0.3 is 14.9 Å². The molecule has 0 atom stereocenters. The predicted molar refractivity (Wildman–Crippen MR) is 91.6 cm³/mol. The first kappa shape index (κ1) is 14.4. The molecule has 0 saturated carbocycles. The number of carbonyl (C=O) groups excluding carboxylic acids is 1. The van der Waals surface area contributed by atoms with Crippen LogP contribution in [0.3, 0.4) is 0 Å². The maximum atomic E-state index is 12.9. The van der Waals surface area contributed by atoms with Crippen LogP contribution >= 0.6 is 0 Å². The highest BCUT2D eigenvalue weighted by Gasteiger charge is 2.23. The van der Waals surface area contributed by atoms with Crippen molar-refractivity contribution in [2.45, 2.75) is 12.8 Å². The number of carbonyl (C=O) groups is 1. The van der Waals surface area contributed by atoms with Crippen LogP contribution in [0.2, 0.25) is 0 Å². The summed E-state index contributed by atoms with van der Waals surface area (Å²) in [5.41, 5.74) is 2.08. The largest absolute Gasteiger partial charge is 0.316 e. The third-order valence-corrected chi connectivity index (χ3v) is 4.32. The molecule has 0 aliphatic carbocycles. The Morgan fingerprint density at radius 2 is 1.71 bits per heavy atom. The molecule has 120 valence electrons. The SMILES string of the molecule is O=C(c1ccc2[nH]c(=O)c(=O)[nH]c2c1)N1CCCc2ccccc21. The number of anilines is 1. The molecular formula is C18H15N3O3. The fraction of sp³-hybridized carbons (Fsp3) is 0.167. The van der Waals surface area contributed by atoms with Crippen LogP contribution in [0.5, 0.6) is 0 Å². The molecule has 0 saturated heterocycles. The Hall–Kier alpha value is -3.15. The number of hydrogen-bond acceptors (Lipinski definition) is 3. The number of benzene rings is 2. The second kappa shape index (κ2) is 5.49. The molecule has 0 fully saturated rings. The number of hydrogen-bond donors (Lipinski definition) is 2. The maximum absolute atomic E-state index is 12.9. The average Bonchev–Trinajstić information content (AvgIpc) is 2.61. The lowest BCUT2D eigenvalue weighted by Crippen LogP contribution is -2.35. The lowest BCUT2D eigenvalue weighted by atomic mass is 10.0. The molecule has 4 rings (SSSR count). The normalized spacial score (nSPS) is 13.8. The van der Waals surface area contributed by atoms with E-state index >= 15 is 0 Å². The lowest BCUT2D eigenvalue weighted by Gasteiger charge is -2.29. The van der Waals surface area contributed by atoms with Crippen LogP contribution in [0, 0.1) is 0 Å². The number of H-pyrrole nitrogens is 2. The maximum Gasteiger partial charge on any atom is 0.314 e. The molecule has 6 heteroatoms. The number of rotatable bonds is 1. The van der Waals surface area contributed by atoms with Gasteiger partial charge in [0.25, 0.3) is 5.91 Å². The first-order valence-corrected chi connectivity index (χ1v) is 7.79. The lowest BCUT2D eigenvalue weighted by molar-refractivity contribution is 0.0985. The second-order valence-electron chi connectivity index (χ2n) is 5.86. The zero-order valence-corrected chi connectivity index (χ0v) is 12.8. The minimum atomic E-state index is -0.726. The minimum Gasteiger partial charge on any atom is -0.316 e. The monoisotopic (exact) mass is 321 g/mol. The van der Waals surface area contributed by atoms with E-state index in [0.717, 1.165) is 24.1 Å². The Morgan fingerprint density at radius 3 is 2.54 bits per heavy atom. The van der Waals surface area contributed by atoms with Gasteiger partial charge in [-0.15, -0.1) is 0 Å². The zero-order chi connectivity index (χ0) is 16.7. The third-order valence-electron chi connectivity index (χ3n) is 4.32. The fourth-order valence-corrected chi connectivity index (χ4v) is 3.15. The van der Waals surface area contributed by atoms with Gasteiger partial charge in [-0.25, -0.2) is 0 Å². The van der Waals surface area contributed by atoms with Crippen molar-refractivity contribution in [1.29, 1.82) is 0 Å². The van der Waals surface area contributed by atoms with Crippen LogP contribution in [0.15, 0.2) is 52.1 Å². The summed E-state index contributed by atoms with van der Waals surface area (Å²) in [7, 11) is 0. The van der Waals surface area contributed by atoms with Gasteiger partial charge in [-0.3, -0.25) is 14.4 Å². The summed E-state index contributed by atoms with van der Waals surface area (Å²) < 4.78 is 0. The Morgan fingerprint density at radius 1 is 0.958 bits per heavy atom. The van der Waals surface area contributed by atoms with Crippen molar-refractivity contribution in [3.05, 3.63) is 74.3 Å². The van der Waals surface area contributed by atoms with E-state index in [2.05, 4.69) is 9.97 Å². The van der Waals surface area contributed by atoms with Crippen LogP contribution in [0.25, 0.3) is 11.0 Å². The molecule has 1 amide bonds. The highest BCUT2D eigenvalue weighted by Crippen LogP contribution is 2.28. The topological polar surface area (TPSA) is 86.0 Å². The van der Waals surface area contributed by atoms with E-state index < -0.39 is 11.1 Å². The number of aryl methyl sites for hydroxylation is 1. The number of nitrogens with one attached hydrogen (secondary N) is 2. The second-order valence-corrected chi connectivity index (χ2v) is 5.86. The van der Waals surface area contributed by atoms with E-state index in [9.17, 15) is 14.4 Å². The number of amides is 1. The van der Waals surface area contributed by atoms with Gasteiger partial charge in [0, 0.05) is 17.8 Å². The van der Waals surface area contributed by atoms with Crippen LogP contribution in [0.4, 0.5) is 5.69 Å². The van der Waals surface area contributed by atoms with Gasteiger partial charge in [0.2, 0.25) is 0 Å². The van der Waals surface area contributed by atoms with Crippen molar-refractivity contribution in [3.8, 4) is 0 Å². The predicted octanol–water partition coefficient (Wildman–Crippen LogP) is 1.81. The van der Waals surface area contributed by atoms with Gasteiger partial charge in [0.05, 0.1) is 11.0 Å². The van der Waals surface area contributed by atoms with Crippen LogP contribution in [-0.4, -0.2) is 22.4 Å². The molecule has 2 N–H and O–H groups in total. The molecule has 1 aliphatic heterocycles. The van der Waals surface area contributed by atoms with Crippen molar-refractivity contribution < 1.29 is 4.79 Å². The van der Waals surface area contributed by atoms with Crippen LogP contribution < -0.4 is 16.0 Å². The summed E-state index contributed by atoms with van der Waals surface area (Å²) in [6.45, 7) is 0.663. The van der Waals surface area contributed by atoms with Crippen molar-refractivity contribution in [2.24, 2.45) is 0 Å². The van der Waals surface area contributed by atoms with Crippen molar-refractivity contribution in [2.75, 3.05) is 11.4 Å². The van der Waals surface area contributed by atoms with E-state index in [1.807, 2.05) is 24.3 Å². The average molecular weight is 321 g/mol. The fourth-order valence-electron chi connectivity index (χ4n) is 3.15. The smallest absolute Gasteiger partial charge is 0.314 e. The number of nitrogens with zero attached hydrogens (tertiary/aromatic N) is 1. The van der Waals surface area contributed by atoms with E-state index in [-0.39, 0.29) is 5.91 Å². The zero-order valence-electron chi connectivity index (χ0n) is 12.8. The van der Waals surface area contributed by atoms with E-state index in [4.69, 9.17) is 0 Å². The summed E-state index contributed by atoms with van der Waals surface area (Å²) in [5, 5.41) is 0. The minimum absolute atomic E-state index is 0.115. The quantitative estimate of drug-likeness (QED) is 0.670. The number of aromatic nitrogens is 2. The molecule has 2 heterocycles. The summed E-state index contributed by atoms with van der Waals surface area (Å²) in [4.78, 5) is 42.5. The molecular weight excluding hydrogens is 306 g/mol. The Labute approximate surface area is 136 Å². The van der Waals surface area contributed by atoms with Gasteiger partial charge in [-0.1, -0.05) is 18.2 Å².